The molecule has 5 heteroatoms. The number of hydrogen-bond acceptors (Lipinski definition) is 3. The molecule has 1 aromatic heterocycles. The molecule has 0 saturated carbocycles. The molecule has 4 nitrogen and oxygen atoms in total. The third-order valence-corrected chi connectivity index (χ3v) is 4.51. The first kappa shape index (κ1) is 16.6. The Labute approximate surface area is 140 Å². The fourth-order valence-corrected chi connectivity index (χ4v) is 3.32. The molecule has 2 N–H and O–H groups in total. The van der Waals surface area contributed by atoms with Crippen LogP contribution in [-0.2, 0) is 24.2 Å². The van der Waals surface area contributed by atoms with Crippen LogP contribution in [0.5, 0.6) is 0 Å². The van der Waals surface area contributed by atoms with Crippen molar-refractivity contribution < 1.29 is 14.3 Å². The number of hydrogen-bond donors (Lipinski definition) is 2. The lowest BCUT2D eigenvalue weighted by Gasteiger charge is -2.21. The number of aromatic nitrogens is 1. The zero-order valence-electron chi connectivity index (χ0n) is 13.5. The summed E-state index contributed by atoms with van der Waals surface area (Å²) in [5.74, 6) is -1.28. The highest BCUT2D eigenvalue weighted by molar-refractivity contribution is 5.68. The Morgan fingerprint density at radius 2 is 2.12 bits per heavy atom. The van der Waals surface area contributed by atoms with Gasteiger partial charge < -0.3 is 10.4 Å². The summed E-state index contributed by atoms with van der Waals surface area (Å²) in [5, 5.41) is 12.4. The molecule has 0 saturated heterocycles. The quantitative estimate of drug-likeness (QED) is 0.853. The van der Waals surface area contributed by atoms with Gasteiger partial charge in [0.15, 0.2) is 0 Å². The third-order valence-electron chi connectivity index (χ3n) is 4.51. The maximum absolute atomic E-state index is 13.5. The molecule has 0 radical (unpaired) electrons. The number of carbonyl (C=O) groups is 1. The first-order chi connectivity index (χ1) is 11.6. The maximum atomic E-state index is 13.5. The standard InChI is InChI=1S/C19H21FN2O2/c20-15-6-3-5-14(10-15)17(11-19(23)24)22-12-18-16-7-2-1-4-13(16)8-9-21-18/h3,5-6,8-10,17,22H,1-2,4,7,11-12H2,(H,23,24). The Balaban J connectivity index is 1.78. The molecule has 3 rings (SSSR count). The first-order valence-corrected chi connectivity index (χ1v) is 8.30. The van der Waals surface area contributed by atoms with Crippen LogP contribution in [0.2, 0.25) is 0 Å². The van der Waals surface area contributed by atoms with Gasteiger partial charge in [0.05, 0.1) is 12.1 Å². The Morgan fingerprint density at radius 1 is 1.29 bits per heavy atom. The van der Waals surface area contributed by atoms with Gasteiger partial charge >= 0.3 is 5.97 Å². The summed E-state index contributed by atoms with van der Waals surface area (Å²) >= 11 is 0. The van der Waals surface area contributed by atoms with Gasteiger partial charge in [-0.05, 0) is 60.6 Å². The molecule has 1 aliphatic carbocycles. The van der Waals surface area contributed by atoms with Gasteiger partial charge in [-0.3, -0.25) is 9.78 Å². The number of rotatable bonds is 6. The van der Waals surface area contributed by atoms with E-state index in [1.807, 2.05) is 6.20 Å². The van der Waals surface area contributed by atoms with Gasteiger partial charge in [-0.2, -0.15) is 0 Å². The van der Waals surface area contributed by atoms with Gasteiger partial charge in [0.2, 0.25) is 0 Å². The molecule has 24 heavy (non-hydrogen) atoms. The van der Waals surface area contributed by atoms with Crippen molar-refractivity contribution in [3.05, 3.63) is 64.7 Å². The molecule has 0 spiro atoms. The van der Waals surface area contributed by atoms with Crippen LogP contribution in [0.25, 0.3) is 0 Å². The van der Waals surface area contributed by atoms with Crippen LogP contribution in [0.4, 0.5) is 4.39 Å². The number of benzene rings is 1. The van der Waals surface area contributed by atoms with Gasteiger partial charge in [-0.1, -0.05) is 12.1 Å². The van der Waals surface area contributed by atoms with Gasteiger partial charge in [0.1, 0.15) is 5.82 Å². The van der Waals surface area contributed by atoms with Crippen LogP contribution in [0.3, 0.4) is 0 Å². The second kappa shape index (κ2) is 7.53. The van der Waals surface area contributed by atoms with E-state index in [0.717, 1.165) is 25.0 Å². The molecular formula is C19H21FN2O2. The van der Waals surface area contributed by atoms with Gasteiger partial charge in [-0.25, -0.2) is 4.39 Å². The Bertz CT molecular complexity index is 733. The minimum absolute atomic E-state index is 0.0987. The lowest BCUT2D eigenvalue weighted by molar-refractivity contribution is -0.137. The van der Waals surface area contributed by atoms with Gasteiger partial charge in [-0.15, -0.1) is 0 Å². The fraction of sp³-hybridized carbons (Fsp3) is 0.368. The molecule has 1 aliphatic rings. The van der Waals surface area contributed by atoms with Crippen molar-refractivity contribution in [1.29, 1.82) is 0 Å². The molecule has 126 valence electrons. The average molecular weight is 328 g/mol. The van der Waals surface area contributed by atoms with Gasteiger partial charge in [0, 0.05) is 18.8 Å². The summed E-state index contributed by atoms with van der Waals surface area (Å²) in [4.78, 5) is 15.6. The molecule has 1 atom stereocenters. The smallest absolute Gasteiger partial charge is 0.305 e. The Morgan fingerprint density at radius 3 is 2.92 bits per heavy atom. The minimum Gasteiger partial charge on any atom is -0.481 e. The lowest BCUT2D eigenvalue weighted by atomic mass is 9.91. The van der Waals surface area contributed by atoms with E-state index in [0.29, 0.717) is 12.1 Å². The second-order valence-electron chi connectivity index (χ2n) is 6.19. The zero-order chi connectivity index (χ0) is 16.9. The number of carboxylic acids is 1. The number of halogens is 1. The van der Waals surface area contributed by atoms with Crippen molar-refractivity contribution in [2.75, 3.05) is 0 Å². The normalized spacial score (nSPS) is 14.9. The zero-order valence-corrected chi connectivity index (χ0v) is 13.5. The van der Waals surface area contributed by atoms with Gasteiger partial charge in [0.25, 0.3) is 0 Å². The molecule has 0 amide bonds. The average Bonchev–Trinajstić information content (AvgIpc) is 2.58. The molecular weight excluding hydrogens is 307 g/mol. The summed E-state index contributed by atoms with van der Waals surface area (Å²) in [6.45, 7) is 0.484. The molecule has 2 aromatic rings. The second-order valence-corrected chi connectivity index (χ2v) is 6.19. The van der Waals surface area contributed by atoms with Crippen molar-refractivity contribution >= 4 is 5.97 Å². The number of aryl methyl sites for hydroxylation is 1. The topological polar surface area (TPSA) is 62.2 Å². The highest BCUT2D eigenvalue weighted by Crippen LogP contribution is 2.24. The summed E-state index contributed by atoms with van der Waals surface area (Å²) in [6.07, 6.45) is 6.17. The predicted octanol–water partition coefficient (Wildman–Crippen LogP) is 3.41. The van der Waals surface area contributed by atoms with Crippen molar-refractivity contribution in [2.45, 2.75) is 44.7 Å². The molecule has 0 bridgehead atoms. The number of nitrogens with one attached hydrogen (secondary N) is 1. The number of aliphatic carboxylic acids is 1. The van der Waals surface area contributed by atoms with E-state index in [1.165, 1.54) is 29.7 Å². The van der Waals surface area contributed by atoms with Crippen molar-refractivity contribution in [1.82, 2.24) is 10.3 Å². The van der Waals surface area contributed by atoms with Crippen LogP contribution in [0, 0.1) is 5.82 Å². The Hall–Kier alpha value is -2.27. The van der Waals surface area contributed by atoms with E-state index in [-0.39, 0.29) is 12.2 Å². The summed E-state index contributed by atoms with van der Waals surface area (Å²) in [7, 11) is 0. The lowest BCUT2D eigenvalue weighted by Crippen LogP contribution is -2.25. The molecule has 0 fully saturated rings. The summed E-state index contributed by atoms with van der Waals surface area (Å²) in [5.41, 5.74) is 4.24. The number of carboxylic acid groups (broad SMARTS) is 1. The van der Waals surface area contributed by atoms with E-state index in [4.69, 9.17) is 5.11 Å². The molecule has 0 aliphatic heterocycles. The molecule has 1 aromatic carbocycles. The first-order valence-electron chi connectivity index (χ1n) is 8.30. The largest absolute Gasteiger partial charge is 0.481 e. The predicted molar refractivity (Wildman–Crippen MR) is 89.1 cm³/mol. The fourth-order valence-electron chi connectivity index (χ4n) is 3.32. The maximum Gasteiger partial charge on any atom is 0.305 e. The summed E-state index contributed by atoms with van der Waals surface area (Å²) in [6, 6.07) is 7.71. The van der Waals surface area contributed by atoms with Crippen LogP contribution >= 0.6 is 0 Å². The Kier molecular flexibility index (Phi) is 5.20. The highest BCUT2D eigenvalue weighted by atomic mass is 19.1. The van der Waals surface area contributed by atoms with Crippen LogP contribution in [0.15, 0.2) is 36.5 Å². The third kappa shape index (κ3) is 3.97. The SMILES string of the molecule is O=C(O)CC(NCc1nccc2c1CCCC2)c1cccc(F)c1. The van der Waals surface area contributed by atoms with E-state index >= 15 is 0 Å². The monoisotopic (exact) mass is 328 g/mol. The molecule has 1 heterocycles. The highest BCUT2D eigenvalue weighted by Gasteiger charge is 2.18. The van der Waals surface area contributed by atoms with Crippen LogP contribution < -0.4 is 5.32 Å². The number of pyridine rings is 1. The van der Waals surface area contributed by atoms with Crippen molar-refractivity contribution in [2.24, 2.45) is 0 Å². The van der Waals surface area contributed by atoms with E-state index in [9.17, 15) is 9.18 Å². The van der Waals surface area contributed by atoms with Crippen molar-refractivity contribution in [3.8, 4) is 0 Å². The number of nitrogens with zero attached hydrogens (tertiary/aromatic N) is 1. The van der Waals surface area contributed by atoms with E-state index < -0.39 is 12.0 Å². The van der Waals surface area contributed by atoms with Crippen molar-refractivity contribution in [3.63, 3.8) is 0 Å². The van der Waals surface area contributed by atoms with E-state index in [1.54, 1.807) is 12.1 Å². The minimum atomic E-state index is -0.917. The van der Waals surface area contributed by atoms with Crippen LogP contribution in [0.1, 0.15) is 47.7 Å². The molecule has 1 unspecified atom stereocenters. The summed E-state index contributed by atoms with van der Waals surface area (Å²) < 4.78 is 13.5. The number of fused-ring (bicyclic) bond motifs is 1. The van der Waals surface area contributed by atoms with E-state index in [2.05, 4.69) is 16.4 Å². The van der Waals surface area contributed by atoms with Crippen LogP contribution in [-0.4, -0.2) is 16.1 Å².